The summed E-state index contributed by atoms with van der Waals surface area (Å²) in [7, 11) is -1.45. The van der Waals surface area contributed by atoms with Crippen molar-refractivity contribution in [2.24, 2.45) is 0 Å². The van der Waals surface area contributed by atoms with E-state index in [1.807, 2.05) is 0 Å². The van der Waals surface area contributed by atoms with Crippen molar-refractivity contribution in [3.8, 4) is 22.3 Å². The predicted molar refractivity (Wildman–Crippen MR) is 188 cm³/mol. The summed E-state index contributed by atoms with van der Waals surface area (Å²) >= 11 is 0. The van der Waals surface area contributed by atoms with Crippen LogP contribution >= 0.6 is 0 Å². The van der Waals surface area contributed by atoms with Crippen LogP contribution in [0.1, 0.15) is 0 Å². The van der Waals surface area contributed by atoms with Crippen LogP contribution in [0.25, 0.3) is 43.8 Å². The molecule has 7 rings (SSSR count). The van der Waals surface area contributed by atoms with Gasteiger partial charge in [0.2, 0.25) is 0 Å². The molecule has 7 aromatic rings. The highest BCUT2D eigenvalue weighted by molar-refractivity contribution is 6.88. The molecule has 2 nitrogen and oxygen atoms in total. The maximum absolute atomic E-state index is 4.96. The first-order chi connectivity index (χ1) is 21.0. The second kappa shape index (κ2) is 11.0. The highest BCUT2D eigenvalue weighted by atomic mass is 28.3. The molecule has 0 aliphatic rings. The smallest absolute Gasteiger partial charge is 0.137 e. The number of hydrogen-bond acceptors (Lipinski definition) is 2. The van der Waals surface area contributed by atoms with Crippen molar-refractivity contribution >= 4 is 52.0 Å². The highest BCUT2D eigenvalue weighted by Crippen LogP contribution is 2.44. The van der Waals surface area contributed by atoms with Gasteiger partial charge in [0.1, 0.15) is 5.82 Å². The molecule has 0 aliphatic heterocycles. The van der Waals surface area contributed by atoms with Gasteiger partial charge in [-0.2, -0.15) is 0 Å². The van der Waals surface area contributed by atoms with Gasteiger partial charge in [-0.25, -0.2) is 4.98 Å². The van der Waals surface area contributed by atoms with E-state index in [0.717, 1.165) is 17.2 Å². The van der Waals surface area contributed by atoms with Crippen molar-refractivity contribution in [1.29, 1.82) is 0 Å². The molecule has 0 saturated heterocycles. The molecule has 1 aromatic heterocycles. The Kier molecular flexibility index (Phi) is 6.88. The number of hydrogen-bond donors (Lipinski definition) is 0. The van der Waals surface area contributed by atoms with E-state index >= 15 is 0 Å². The second-order valence-corrected chi connectivity index (χ2v) is 17.2. The third kappa shape index (κ3) is 5.02. The Morgan fingerprint density at radius 1 is 0.442 bits per heavy atom. The summed E-state index contributed by atoms with van der Waals surface area (Å²) in [4.78, 5) is 7.20. The van der Waals surface area contributed by atoms with E-state index in [2.05, 4.69) is 176 Å². The Balaban J connectivity index is 1.39. The van der Waals surface area contributed by atoms with Crippen LogP contribution in [0.4, 0.5) is 17.2 Å². The monoisotopic (exact) mass is 570 g/mol. The zero-order valence-corrected chi connectivity index (χ0v) is 25.8. The molecule has 0 fully saturated rings. The number of nitrogens with zero attached hydrogens (tertiary/aromatic N) is 2. The van der Waals surface area contributed by atoms with Gasteiger partial charge in [-0.05, 0) is 79.3 Å². The molecule has 3 heteroatoms. The molecule has 0 aliphatic carbocycles. The summed E-state index contributed by atoms with van der Waals surface area (Å²) in [6.07, 6.45) is 2.07. The van der Waals surface area contributed by atoms with Gasteiger partial charge in [-0.15, -0.1) is 0 Å². The molecular weight excluding hydrogens is 537 g/mol. The number of aromatic nitrogens is 1. The maximum atomic E-state index is 4.96. The first-order valence-electron chi connectivity index (χ1n) is 14.9. The minimum absolute atomic E-state index is 0.920. The fraction of sp³-hybridized carbons (Fsp3) is 0.0750. The second-order valence-electron chi connectivity index (χ2n) is 12.1. The largest absolute Gasteiger partial charge is 0.295 e. The van der Waals surface area contributed by atoms with E-state index in [1.54, 1.807) is 0 Å². The van der Waals surface area contributed by atoms with Crippen LogP contribution < -0.4 is 10.1 Å². The van der Waals surface area contributed by atoms with Crippen molar-refractivity contribution in [2.75, 3.05) is 4.90 Å². The Bertz CT molecular complexity index is 1970. The Morgan fingerprint density at radius 2 is 0.884 bits per heavy atom. The summed E-state index contributed by atoms with van der Waals surface area (Å²) in [6.45, 7) is 7.07. The molecule has 43 heavy (non-hydrogen) atoms. The lowest BCUT2D eigenvalue weighted by Crippen LogP contribution is -2.37. The first kappa shape index (κ1) is 26.9. The molecule has 0 unspecified atom stereocenters. The zero-order chi connectivity index (χ0) is 29.4. The number of para-hydroxylation sites is 1. The van der Waals surface area contributed by atoms with Gasteiger partial charge < -0.3 is 0 Å². The van der Waals surface area contributed by atoms with E-state index in [1.165, 1.54) is 49.0 Å². The predicted octanol–water partition coefficient (Wildman–Crippen LogP) is 10.7. The Morgan fingerprint density at radius 3 is 1.35 bits per heavy atom. The molecule has 0 atom stereocenters. The van der Waals surface area contributed by atoms with E-state index in [0.29, 0.717) is 0 Å². The summed E-state index contributed by atoms with van der Waals surface area (Å²) in [5, 5.41) is 6.41. The number of pyridine rings is 1. The van der Waals surface area contributed by atoms with Crippen molar-refractivity contribution < 1.29 is 0 Å². The van der Waals surface area contributed by atoms with Gasteiger partial charge in [-0.3, -0.25) is 4.90 Å². The minimum Gasteiger partial charge on any atom is -0.295 e. The minimum atomic E-state index is -1.45. The lowest BCUT2D eigenvalue weighted by molar-refractivity contribution is 1.18. The normalized spacial score (nSPS) is 11.6. The van der Waals surface area contributed by atoms with Crippen molar-refractivity contribution in [2.45, 2.75) is 19.6 Å². The molecular formula is C40H34N2Si. The molecule has 6 aromatic carbocycles. The van der Waals surface area contributed by atoms with Crippen LogP contribution in [-0.4, -0.2) is 13.1 Å². The van der Waals surface area contributed by atoms with Crippen LogP contribution in [0.3, 0.4) is 0 Å². The van der Waals surface area contributed by atoms with Crippen molar-refractivity contribution in [3.63, 3.8) is 0 Å². The third-order valence-electron chi connectivity index (χ3n) is 8.27. The number of benzene rings is 6. The van der Waals surface area contributed by atoms with Crippen LogP contribution in [0, 0.1) is 0 Å². The zero-order valence-electron chi connectivity index (χ0n) is 24.8. The third-order valence-corrected chi connectivity index (χ3v) is 10.3. The molecule has 0 N–H and O–H groups in total. The van der Waals surface area contributed by atoms with E-state index < -0.39 is 8.07 Å². The van der Waals surface area contributed by atoms with Crippen LogP contribution in [0.15, 0.2) is 152 Å². The maximum Gasteiger partial charge on any atom is 0.137 e. The lowest BCUT2D eigenvalue weighted by Gasteiger charge is -2.26. The number of anilines is 3. The molecule has 0 saturated carbocycles. The van der Waals surface area contributed by atoms with E-state index in [4.69, 9.17) is 4.98 Å². The van der Waals surface area contributed by atoms with E-state index in [9.17, 15) is 0 Å². The standard InChI is InChI=1S/C40H34N2Si/c1-43(2,3)33-26-27-38(41-28-33)42(31-16-8-5-9-17-31)32-24-22-30(23-25-32)40-36-20-12-10-18-34(36)39(29-14-6-4-7-15-29)35-19-11-13-21-37(35)40/h4-28H,1-3H3. The van der Waals surface area contributed by atoms with Gasteiger partial charge >= 0.3 is 0 Å². The quantitative estimate of drug-likeness (QED) is 0.146. The van der Waals surface area contributed by atoms with Gasteiger partial charge in [0.25, 0.3) is 0 Å². The van der Waals surface area contributed by atoms with Crippen LogP contribution in [0.5, 0.6) is 0 Å². The highest BCUT2D eigenvalue weighted by Gasteiger charge is 2.20. The summed E-state index contributed by atoms with van der Waals surface area (Å²) in [5.74, 6) is 0.920. The van der Waals surface area contributed by atoms with Crippen LogP contribution in [-0.2, 0) is 0 Å². The molecule has 0 bridgehead atoms. The average Bonchev–Trinajstić information content (AvgIpc) is 3.05. The lowest BCUT2D eigenvalue weighted by atomic mass is 9.86. The van der Waals surface area contributed by atoms with Crippen molar-refractivity contribution in [1.82, 2.24) is 4.98 Å². The average molecular weight is 571 g/mol. The van der Waals surface area contributed by atoms with Gasteiger partial charge in [-0.1, -0.05) is 135 Å². The fourth-order valence-electron chi connectivity index (χ4n) is 6.09. The van der Waals surface area contributed by atoms with Gasteiger partial charge in [0.15, 0.2) is 0 Å². The SMILES string of the molecule is C[Si](C)(C)c1ccc(N(c2ccccc2)c2ccc(-c3c4ccccc4c(-c4ccccc4)c4ccccc34)cc2)nc1. The fourth-order valence-corrected chi connectivity index (χ4v) is 7.12. The Labute approximate surface area is 254 Å². The molecule has 0 radical (unpaired) electrons. The molecule has 208 valence electrons. The molecule has 0 amide bonds. The summed E-state index contributed by atoms with van der Waals surface area (Å²) < 4.78 is 0. The number of rotatable bonds is 6. The van der Waals surface area contributed by atoms with Gasteiger partial charge in [0.05, 0.1) is 8.07 Å². The van der Waals surface area contributed by atoms with Crippen LogP contribution in [0.2, 0.25) is 19.6 Å². The Hall–Kier alpha value is -4.99. The van der Waals surface area contributed by atoms with E-state index in [-0.39, 0.29) is 0 Å². The summed E-state index contributed by atoms with van der Waals surface area (Å²) in [6, 6.07) is 52.3. The van der Waals surface area contributed by atoms with Crippen molar-refractivity contribution in [3.05, 3.63) is 152 Å². The number of fused-ring (bicyclic) bond motifs is 2. The summed E-state index contributed by atoms with van der Waals surface area (Å²) in [5.41, 5.74) is 7.16. The first-order valence-corrected chi connectivity index (χ1v) is 18.4. The topological polar surface area (TPSA) is 16.1 Å². The van der Waals surface area contributed by atoms with Gasteiger partial charge in [0, 0.05) is 17.6 Å². The molecule has 0 spiro atoms. The molecule has 1 heterocycles.